The summed E-state index contributed by atoms with van der Waals surface area (Å²) in [6.45, 7) is -0.784. The van der Waals surface area contributed by atoms with Gasteiger partial charge in [0.25, 0.3) is 5.56 Å². The van der Waals surface area contributed by atoms with Crippen molar-refractivity contribution in [2.45, 2.75) is 32.4 Å². The SMILES string of the molecule is Cn1c(=O)c2ccc(-c3cnc(N4CCCCC4)nc3)cc2n1Cc1ccccc1OC(F)F. The Kier molecular flexibility index (Phi) is 6.00. The summed E-state index contributed by atoms with van der Waals surface area (Å²) in [5.41, 5.74) is 2.79. The van der Waals surface area contributed by atoms with Gasteiger partial charge >= 0.3 is 6.61 Å². The summed E-state index contributed by atoms with van der Waals surface area (Å²) in [5, 5.41) is 0.546. The fourth-order valence-corrected chi connectivity index (χ4v) is 4.48. The van der Waals surface area contributed by atoms with Crippen LogP contribution in [0.15, 0.2) is 59.7 Å². The summed E-state index contributed by atoms with van der Waals surface area (Å²) < 4.78 is 33.7. The number of alkyl halides is 2. The van der Waals surface area contributed by atoms with E-state index in [9.17, 15) is 13.6 Å². The molecule has 176 valence electrons. The van der Waals surface area contributed by atoms with E-state index in [1.807, 2.05) is 12.1 Å². The first kappa shape index (κ1) is 22.1. The fourth-order valence-electron chi connectivity index (χ4n) is 4.48. The standard InChI is InChI=1S/C25H25F2N5O2/c1-30-23(33)20-10-9-17(19-14-28-25(29-15-19)31-11-5-2-6-12-31)13-21(20)32(30)16-18-7-3-4-8-22(18)34-24(26)27/h3-4,7-10,13-15,24H,2,5-6,11-12,16H2,1H3. The minimum atomic E-state index is -2.93. The molecular weight excluding hydrogens is 440 g/mol. The maximum atomic E-state index is 12.9. The molecule has 34 heavy (non-hydrogen) atoms. The van der Waals surface area contributed by atoms with Crippen molar-refractivity contribution in [3.8, 4) is 16.9 Å². The molecule has 0 spiro atoms. The van der Waals surface area contributed by atoms with Crippen molar-refractivity contribution in [2.75, 3.05) is 18.0 Å². The Bertz CT molecular complexity index is 1360. The minimum absolute atomic E-state index is 0.0876. The molecular formula is C25H25F2N5O2. The normalized spacial score (nSPS) is 14.2. The number of aromatic nitrogens is 4. The number of ether oxygens (including phenoxy) is 1. The van der Waals surface area contributed by atoms with E-state index in [1.54, 1.807) is 48.4 Å². The molecule has 0 unspecified atom stereocenters. The average molecular weight is 466 g/mol. The van der Waals surface area contributed by atoms with Gasteiger partial charge in [-0.3, -0.25) is 14.2 Å². The first-order chi connectivity index (χ1) is 16.5. The largest absolute Gasteiger partial charge is 0.434 e. The lowest BCUT2D eigenvalue weighted by Gasteiger charge is -2.26. The van der Waals surface area contributed by atoms with E-state index in [0.717, 1.165) is 43.0 Å². The summed E-state index contributed by atoms with van der Waals surface area (Å²) >= 11 is 0. The molecule has 2 aromatic heterocycles. The van der Waals surface area contributed by atoms with Gasteiger partial charge in [0.2, 0.25) is 5.95 Å². The molecule has 0 bridgehead atoms. The number of hydrogen-bond donors (Lipinski definition) is 0. The highest BCUT2D eigenvalue weighted by atomic mass is 19.3. The van der Waals surface area contributed by atoms with Crippen LogP contribution in [0.2, 0.25) is 0 Å². The van der Waals surface area contributed by atoms with E-state index in [1.165, 1.54) is 17.2 Å². The van der Waals surface area contributed by atoms with Crippen molar-refractivity contribution in [2.24, 2.45) is 7.05 Å². The summed E-state index contributed by atoms with van der Waals surface area (Å²) in [5.74, 6) is 0.821. The molecule has 0 amide bonds. The third-order valence-electron chi connectivity index (χ3n) is 6.28. The highest BCUT2D eigenvalue weighted by Crippen LogP contribution is 2.26. The maximum absolute atomic E-state index is 12.9. The molecule has 1 aliphatic rings. The number of anilines is 1. The Labute approximate surface area is 195 Å². The van der Waals surface area contributed by atoms with Crippen LogP contribution in [0.25, 0.3) is 22.0 Å². The predicted octanol–water partition coefficient (Wildman–Crippen LogP) is 4.44. The molecule has 0 aliphatic carbocycles. The van der Waals surface area contributed by atoms with Crippen LogP contribution in [0, 0.1) is 0 Å². The number of halogens is 2. The molecule has 7 nitrogen and oxygen atoms in total. The van der Waals surface area contributed by atoms with Gasteiger partial charge in [-0.05, 0) is 43.0 Å². The second kappa shape index (κ2) is 9.24. The van der Waals surface area contributed by atoms with Crippen molar-refractivity contribution in [3.05, 3.63) is 70.8 Å². The second-order valence-electron chi connectivity index (χ2n) is 8.42. The smallest absolute Gasteiger partial charge is 0.387 e. The van der Waals surface area contributed by atoms with Crippen molar-refractivity contribution in [3.63, 3.8) is 0 Å². The van der Waals surface area contributed by atoms with Gasteiger partial charge in [-0.1, -0.05) is 24.3 Å². The van der Waals surface area contributed by atoms with Gasteiger partial charge in [-0.25, -0.2) is 9.97 Å². The van der Waals surface area contributed by atoms with Crippen molar-refractivity contribution in [1.29, 1.82) is 0 Å². The van der Waals surface area contributed by atoms with Crippen molar-refractivity contribution >= 4 is 16.9 Å². The van der Waals surface area contributed by atoms with E-state index in [-0.39, 0.29) is 17.9 Å². The van der Waals surface area contributed by atoms with E-state index in [4.69, 9.17) is 0 Å². The zero-order valence-corrected chi connectivity index (χ0v) is 18.8. The quantitative estimate of drug-likeness (QED) is 0.421. The zero-order chi connectivity index (χ0) is 23.7. The lowest BCUT2D eigenvalue weighted by atomic mass is 10.1. The Hall–Kier alpha value is -3.75. The van der Waals surface area contributed by atoms with Gasteiger partial charge in [-0.15, -0.1) is 0 Å². The van der Waals surface area contributed by atoms with Crippen LogP contribution < -0.4 is 15.2 Å². The number of para-hydroxylation sites is 1. The van der Waals surface area contributed by atoms with E-state index in [2.05, 4.69) is 19.6 Å². The molecule has 1 saturated heterocycles. The number of piperidine rings is 1. The fraction of sp³-hybridized carbons (Fsp3) is 0.320. The first-order valence-corrected chi connectivity index (χ1v) is 11.3. The zero-order valence-electron chi connectivity index (χ0n) is 18.8. The molecule has 0 saturated carbocycles. The van der Waals surface area contributed by atoms with E-state index in [0.29, 0.717) is 16.5 Å². The number of fused-ring (bicyclic) bond motifs is 1. The van der Waals surface area contributed by atoms with E-state index < -0.39 is 6.61 Å². The highest BCUT2D eigenvalue weighted by Gasteiger charge is 2.17. The van der Waals surface area contributed by atoms with Crippen LogP contribution in [0.3, 0.4) is 0 Å². The van der Waals surface area contributed by atoms with Gasteiger partial charge in [-0.2, -0.15) is 8.78 Å². The molecule has 1 aliphatic heterocycles. The predicted molar refractivity (Wildman–Crippen MR) is 126 cm³/mol. The number of nitrogens with zero attached hydrogens (tertiary/aromatic N) is 5. The van der Waals surface area contributed by atoms with Crippen LogP contribution >= 0.6 is 0 Å². The summed E-state index contributed by atoms with van der Waals surface area (Å²) in [6.07, 6.45) is 7.15. The highest BCUT2D eigenvalue weighted by molar-refractivity contribution is 5.84. The average Bonchev–Trinajstić information content (AvgIpc) is 3.10. The molecule has 9 heteroatoms. The minimum Gasteiger partial charge on any atom is -0.434 e. The number of hydrogen-bond acceptors (Lipinski definition) is 5. The second-order valence-corrected chi connectivity index (χ2v) is 8.42. The number of rotatable bonds is 6. The maximum Gasteiger partial charge on any atom is 0.387 e. The van der Waals surface area contributed by atoms with Gasteiger partial charge in [0.05, 0.1) is 17.4 Å². The molecule has 0 N–H and O–H groups in total. The van der Waals surface area contributed by atoms with Gasteiger partial charge in [0, 0.05) is 43.7 Å². The Balaban J connectivity index is 1.50. The third kappa shape index (κ3) is 4.25. The Morgan fingerprint density at radius 3 is 2.47 bits per heavy atom. The first-order valence-electron chi connectivity index (χ1n) is 11.3. The van der Waals surface area contributed by atoms with Crippen LogP contribution in [-0.2, 0) is 13.6 Å². The van der Waals surface area contributed by atoms with E-state index >= 15 is 0 Å². The molecule has 0 atom stereocenters. The molecule has 0 radical (unpaired) electrons. The van der Waals surface area contributed by atoms with Crippen LogP contribution in [-0.4, -0.2) is 39.0 Å². The monoisotopic (exact) mass is 465 g/mol. The summed E-state index contributed by atoms with van der Waals surface area (Å²) in [7, 11) is 1.66. The summed E-state index contributed by atoms with van der Waals surface area (Å²) in [4.78, 5) is 24.2. The van der Waals surface area contributed by atoms with Gasteiger partial charge in [0.1, 0.15) is 5.75 Å². The molecule has 1 fully saturated rings. The van der Waals surface area contributed by atoms with Crippen LogP contribution in [0.4, 0.5) is 14.7 Å². The van der Waals surface area contributed by atoms with Gasteiger partial charge < -0.3 is 9.64 Å². The van der Waals surface area contributed by atoms with Gasteiger partial charge in [0.15, 0.2) is 0 Å². The molecule has 5 rings (SSSR count). The summed E-state index contributed by atoms with van der Waals surface area (Å²) in [6, 6.07) is 12.2. The van der Waals surface area contributed by atoms with Crippen molar-refractivity contribution in [1.82, 2.24) is 19.3 Å². The lowest BCUT2D eigenvalue weighted by molar-refractivity contribution is -0.0505. The molecule has 2 aromatic carbocycles. The number of benzene rings is 2. The Morgan fingerprint density at radius 1 is 1.00 bits per heavy atom. The lowest BCUT2D eigenvalue weighted by Crippen LogP contribution is -2.30. The third-order valence-corrected chi connectivity index (χ3v) is 6.28. The molecule has 4 aromatic rings. The topological polar surface area (TPSA) is 65.2 Å². The molecule has 3 heterocycles. The van der Waals surface area contributed by atoms with Crippen LogP contribution in [0.1, 0.15) is 24.8 Å². The van der Waals surface area contributed by atoms with Crippen molar-refractivity contribution < 1.29 is 13.5 Å². The van der Waals surface area contributed by atoms with Crippen LogP contribution in [0.5, 0.6) is 5.75 Å². The Morgan fingerprint density at radius 2 is 1.74 bits per heavy atom.